The van der Waals surface area contributed by atoms with Crippen LogP contribution in [-0.4, -0.2) is 23.0 Å². The van der Waals surface area contributed by atoms with Crippen LogP contribution >= 0.6 is 0 Å². The van der Waals surface area contributed by atoms with Crippen LogP contribution in [0.15, 0.2) is 12.7 Å². The third-order valence-corrected chi connectivity index (χ3v) is 5.42. The van der Waals surface area contributed by atoms with Gasteiger partial charge in [0, 0.05) is 5.41 Å². The molecule has 0 heterocycles. The maximum absolute atomic E-state index is 11.6. The summed E-state index contributed by atoms with van der Waals surface area (Å²) in [5, 5.41) is 12.2. The van der Waals surface area contributed by atoms with Crippen molar-refractivity contribution in [3.63, 3.8) is 0 Å². The summed E-state index contributed by atoms with van der Waals surface area (Å²) in [4.78, 5) is 23.1. The normalized spacial score (nSPS) is 40.7. The number of carboxylic acids is 1. The van der Waals surface area contributed by atoms with Gasteiger partial charge in [-0.2, -0.15) is 0 Å². The number of nitrogens with one attached hydrogen (secondary N) is 1. The highest BCUT2D eigenvalue weighted by molar-refractivity contribution is 5.91. The van der Waals surface area contributed by atoms with Crippen molar-refractivity contribution in [3.05, 3.63) is 12.7 Å². The Morgan fingerprint density at radius 3 is 2.00 bits per heavy atom. The van der Waals surface area contributed by atoms with E-state index in [1.54, 1.807) is 0 Å². The Morgan fingerprint density at radius 2 is 1.63 bits per heavy atom. The molecule has 1 atom stereocenters. The number of carboxylic acid groups (broad SMARTS) is 1. The second kappa shape index (κ2) is 4.36. The average Bonchev–Trinajstić information content (AvgIpc) is 2.33. The number of carbonyl (C=O) groups is 2. The van der Waals surface area contributed by atoms with Crippen molar-refractivity contribution in [2.75, 3.05) is 0 Å². The number of aliphatic carboxylic acids is 1. The van der Waals surface area contributed by atoms with E-state index >= 15 is 0 Å². The van der Waals surface area contributed by atoms with Crippen LogP contribution in [0.25, 0.3) is 0 Å². The third kappa shape index (κ3) is 2.07. The third-order valence-electron chi connectivity index (χ3n) is 5.42. The molecule has 0 aromatic heterocycles. The number of amides is 1. The van der Waals surface area contributed by atoms with Crippen LogP contribution in [0.5, 0.6) is 0 Å². The first-order valence-electron chi connectivity index (χ1n) is 7.18. The quantitative estimate of drug-likeness (QED) is 0.762. The van der Waals surface area contributed by atoms with E-state index in [-0.39, 0.29) is 11.3 Å². The Kier molecular flexibility index (Phi) is 2.91. The highest BCUT2D eigenvalue weighted by atomic mass is 16.4. The van der Waals surface area contributed by atoms with Crippen molar-refractivity contribution >= 4 is 11.9 Å². The summed E-state index contributed by atoms with van der Waals surface area (Å²) in [7, 11) is 0. The number of hydrogen-bond acceptors (Lipinski definition) is 2. The van der Waals surface area contributed by atoms with E-state index in [9.17, 15) is 14.7 Å². The topological polar surface area (TPSA) is 66.4 Å². The SMILES string of the molecule is C=CC(=O)NC(C(=O)O)C12CC3CC(CC(C3)C1)C2. The minimum Gasteiger partial charge on any atom is -0.480 e. The van der Waals surface area contributed by atoms with E-state index in [0.29, 0.717) is 17.8 Å². The van der Waals surface area contributed by atoms with Crippen molar-refractivity contribution in [2.45, 2.75) is 44.6 Å². The van der Waals surface area contributed by atoms with Crippen LogP contribution in [-0.2, 0) is 9.59 Å². The van der Waals surface area contributed by atoms with Crippen LogP contribution in [0.1, 0.15) is 38.5 Å². The molecule has 4 heteroatoms. The zero-order chi connectivity index (χ0) is 13.6. The fraction of sp³-hybridized carbons (Fsp3) is 0.733. The predicted octanol–water partition coefficient (Wildman–Crippen LogP) is 1.96. The van der Waals surface area contributed by atoms with E-state index < -0.39 is 12.0 Å². The first-order chi connectivity index (χ1) is 9.02. The van der Waals surface area contributed by atoms with Gasteiger partial charge in [0.15, 0.2) is 0 Å². The fourth-order valence-electron chi connectivity index (χ4n) is 5.21. The first kappa shape index (κ1) is 12.7. The molecule has 4 aliphatic rings. The highest BCUT2D eigenvalue weighted by Gasteiger charge is 2.56. The molecule has 4 fully saturated rings. The largest absolute Gasteiger partial charge is 0.480 e. The molecular formula is C15H21NO3. The molecule has 0 aromatic carbocycles. The van der Waals surface area contributed by atoms with Crippen LogP contribution in [0.4, 0.5) is 0 Å². The minimum atomic E-state index is -0.892. The van der Waals surface area contributed by atoms with Gasteiger partial charge in [0.25, 0.3) is 0 Å². The van der Waals surface area contributed by atoms with Gasteiger partial charge in [0.1, 0.15) is 6.04 Å². The van der Waals surface area contributed by atoms with Crippen molar-refractivity contribution < 1.29 is 14.7 Å². The van der Waals surface area contributed by atoms with Crippen LogP contribution < -0.4 is 5.32 Å². The smallest absolute Gasteiger partial charge is 0.326 e. The summed E-state index contributed by atoms with van der Waals surface area (Å²) < 4.78 is 0. The molecular weight excluding hydrogens is 242 g/mol. The van der Waals surface area contributed by atoms with Crippen molar-refractivity contribution in [1.82, 2.24) is 5.32 Å². The van der Waals surface area contributed by atoms with E-state index in [1.165, 1.54) is 19.3 Å². The molecule has 1 unspecified atom stereocenters. The Balaban J connectivity index is 1.87. The molecule has 0 radical (unpaired) electrons. The summed E-state index contributed by atoms with van der Waals surface area (Å²) in [5.41, 5.74) is -0.209. The zero-order valence-corrected chi connectivity index (χ0v) is 11.1. The fourth-order valence-corrected chi connectivity index (χ4v) is 5.21. The number of carbonyl (C=O) groups excluding carboxylic acids is 1. The van der Waals surface area contributed by atoms with E-state index in [1.807, 2.05) is 0 Å². The first-order valence-corrected chi connectivity index (χ1v) is 7.18. The maximum atomic E-state index is 11.6. The lowest BCUT2D eigenvalue weighted by molar-refractivity contribution is -0.153. The lowest BCUT2D eigenvalue weighted by Crippen LogP contribution is -2.59. The zero-order valence-electron chi connectivity index (χ0n) is 11.1. The lowest BCUT2D eigenvalue weighted by atomic mass is 9.47. The van der Waals surface area contributed by atoms with Gasteiger partial charge < -0.3 is 10.4 Å². The van der Waals surface area contributed by atoms with E-state index in [0.717, 1.165) is 25.3 Å². The molecule has 1 amide bonds. The summed E-state index contributed by atoms with van der Waals surface area (Å²) in [6, 6.07) is -0.744. The second-order valence-electron chi connectivity index (χ2n) is 6.76. The van der Waals surface area contributed by atoms with Crippen LogP contribution in [0.3, 0.4) is 0 Å². The van der Waals surface area contributed by atoms with Crippen molar-refractivity contribution in [1.29, 1.82) is 0 Å². The molecule has 4 saturated carbocycles. The molecule has 19 heavy (non-hydrogen) atoms. The minimum absolute atomic E-state index is 0.209. The van der Waals surface area contributed by atoms with Gasteiger partial charge in [0.05, 0.1) is 0 Å². The Bertz CT molecular complexity index is 394. The molecule has 104 valence electrons. The van der Waals surface area contributed by atoms with E-state index in [2.05, 4.69) is 11.9 Å². The van der Waals surface area contributed by atoms with Gasteiger partial charge in [-0.05, 0) is 62.4 Å². The molecule has 2 N–H and O–H groups in total. The summed E-state index contributed by atoms with van der Waals surface area (Å²) in [6.45, 7) is 3.41. The number of rotatable bonds is 4. The Morgan fingerprint density at radius 1 is 1.16 bits per heavy atom. The van der Waals surface area contributed by atoms with Gasteiger partial charge in [-0.15, -0.1) is 0 Å². The van der Waals surface area contributed by atoms with Crippen molar-refractivity contribution in [2.24, 2.45) is 23.2 Å². The molecule has 4 nitrogen and oxygen atoms in total. The van der Waals surface area contributed by atoms with Crippen LogP contribution in [0.2, 0.25) is 0 Å². The highest BCUT2D eigenvalue weighted by Crippen LogP contribution is 2.61. The lowest BCUT2D eigenvalue weighted by Gasteiger charge is -2.58. The predicted molar refractivity (Wildman–Crippen MR) is 70.4 cm³/mol. The molecule has 4 bridgehead atoms. The standard InChI is InChI=1S/C15H21NO3/c1-2-12(17)16-13(14(18)19)15-6-9-3-10(7-15)5-11(4-9)8-15/h2,9-11,13H,1,3-8H2,(H,16,17)(H,18,19). The molecule has 0 aromatic rings. The number of hydrogen-bond donors (Lipinski definition) is 2. The maximum Gasteiger partial charge on any atom is 0.326 e. The summed E-state index contributed by atoms with van der Waals surface area (Å²) >= 11 is 0. The van der Waals surface area contributed by atoms with E-state index in [4.69, 9.17) is 0 Å². The van der Waals surface area contributed by atoms with Crippen molar-refractivity contribution in [3.8, 4) is 0 Å². The molecule has 0 spiro atoms. The van der Waals surface area contributed by atoms with Crippen LogP contribution in [0, 0.1) is 23.2 Å². The van der Waals surface area contributed by atoms with Gasteiger partial charge in [-0.1, -0.05) is 6.58 Å². The van der Waals surface area contributed by atoms with Gasteiger partial charge >= 0.3 is 5.97 Å². The van der Waals surface area contributed by atoms with Gasteiger partial charge in [-0.25, -0.2) is 4.79 Å². The second-order valence-corrected chi connectivity index (χ2v) is 6.76. The molecule has 4 aliphatic carbocycles. The van der Waals surface area contributed by atoms with Gasteiger partial charge in [-0.3, -0.25) is 4.79 Å². The summed E-state index contributed by atoms with van der Waals surface area (Å²) in [5.74, 6) is 0.761. The molecule has 4 rings (SSSR count). The Labute approximate surface area is 113 Å². The average molecular weight is 263 g/mol. The Hall–Kier alpha value is -1.32. The van der Waals surface area contributed by atoms with Gasteiger partial charge in [0.2, 0.25) is 5.91 Å². The molecule has 0 saturated heterocycles. The molecule has 0 aliphatic heterocycles. The summed E-state index contributed by atoms with van der Waals surface area (Å²) in [6.07, 6.45) is 7.85. The monoisotopic (exact) mass is 263 g/mol.